The van der Waals surface area contributed by atoms with E-state index in [0.29, 0.717) is 28.0 Å². The minimum Gasteiger partial charge on any atom is -0.497 e. The molecule has 204 valence electrons. The summed E-state index contributed by atoms with van der Waals surface area (Å²) in [5, 5.41) is 9.22. The number of hydrogen-bond acceptors (Lipinski definition) is 4. The molecule has 0 aliphatic carbocycles. The van der Waals surface area contributed by atoms with Crippen LogP contribution in [0.5, 0.6) is 5.75 Å². The number of carbonyl (C=O) groups is 3. The summed E-state index contributed by atoms with van der Waals surface area (Å²) >= 11 is 0. The Hall–Kier alpha value is -4.77. The monoisotopic (exact) mass is 534 g/mol. The van der Waals surface area contributed by atoms with Gasteiger partial charge in [-0.15, -0.1) is 0 Å². The van der Waals surface area contributed by atoms with Crippen LogP contribution in [0.3, 0.4) is 0 Å². The van der Waals surface area contributed by atoms with Crippen LogP contribution in [-0.2, 0) is 10.2 Å². The Morgan fingerprint density at radius 3 is 1.60 bits per heavy atom. The summed E-state index contributed by atoms with van der Waals surface area (Å²) in [5.74, 6) is -0.575. The number of carboxylic acid groups (broad SMARTS) is 1. The van der Waals surface area contributed by atoms with E-state index in [2.05, 4.69) is 20.8 Å². The molecule has 0 saturated carbocycles. The summed E-state index contributed by atoms with van der Waals surface area (Å²) in [5.41, 5.74) is 4.19. The minimum absolute atomic E-state index is 0.0422. The zero-order valence-electron chi connectivity index (χ0n) is 23.3. The fourth-order valence-electron chi connectivity index (χ4n) is 3.89. The van der Waals surface area contributed by atoms with Crippen molar-refractivity contribution >= 4 is 29.2 Å². The molecule has 1 N–H and O–H groups in total. The molecule has 0 saturated heterocycles. The smallest absolute Gasteiger partial charge is 0.336 e. The summed E-state index contributed by atoms with van der Waals surface area (Å²) in [6, 6.07) is 32.8. The highest BCUT2D eigenvalue weighted by molar-refractivity contribution is 6.20. The van der Waals surface area contributed by atoms with E-state index in [0.717, 1.165) is 11.1 Å². The number of methoxy groups -OCH3 is 1. The molecule has 0 bridgehead atoms. The van der Waals surface area contributed by atoms with Gasteiger partial charge in [0.2, 0.25) is 0 Å². The Morgan fingerprint density at radius 2 is 1.15 bits per heavy atom. The van der Waals surface area contributed by atoms with Crippen molar-refractivity contribution in [3.63, 3.8) is 0 Å². The molecule has 0 heterocycles. The highest BCUT2D eigenvalue weighted by Crippen LogP contribution is 2.23. The van der Waals surface area contributed by atoms with E-state index >= 15 is 0 Å². The second kappa shape index (κ2) is 13.9. The molecule has 0 spiro atoms. The highest BCUT2D eigenvalue weighted by Gasteiger charge is 2.17. The van der Waals surface area contributed by atoms with Crippen molar-refractivity contribution in [3.8, 4) is 5.75 Å². The first-order valence-electron chi connectivity index (χ1n) is 12.9. The van der Waals surface area contributed by atoms with E-state index in [4.69, 9.17) is 4.74 Å². The number of ether oxygens (including phenoxy) is 1. The molecule has 0 radical (unpaired) electrons. The second-order valence-corrected chi connectivity index (χ2v) is 10.2. The number of hydrogen-bond donors (Lipinski definition) is 1. The SMILES string of the molecule is COc1ccc(C(=O)CC(=O)c2ccc(C(C)(C)C)cc2)cc1.O=C(O)/C(=C\c1ccccc1)c1ccccc1. The van der Waals surface area contributed by atoms with Crippen molar-refractivity contribution in [1.82, 2.24) is 0 Å². The lowest BCUT2D eigenvalue weighted by atomic mass is 9.86. The number of ketones is 2. The minimum atomic E-state index is -0.917. The molecule has 5 heteroatoms. The van der Waals surface area contributed by atoms with Gasteiger partial charge in [0.15, 0.2) is 11.6 Å². The third-order valence-electron chi connectivity index (χ3n) is 6.23. The van der Waals surface area contributed by atoms with Crippen LogP contribution in [0.25, 0.3) is 11.6 Å². The van der Waals surface area contributed by atoms with Crippen molar-refractivity contribution in [1.29, 1.82) is 0 Å². The summed E-state index contributed by atoms with van der Waals surface area (Å²) < 4.78 is 5.06. The molecule has 0 aliphatic rings. The maximum absolute atomic E-state index is 12.3. The van der Waals surface area contributed by atoms with Crippen LogP contribution in [0, 0.1) is 0 Å². The third kappa shape index (κ3) is 8.63. The predicted octanol–water partition coefficient (Wildman–Crippen LogP) is 7.76. The fourth-order valence-corrected chi connectivity index (χ4v) is 3.89. The van der Waals surface area contributed by atoms with Crippen LogP contribution >= 0.6 is 0 Å². The van der Waals surface area contributed by atoms with Crippen LogP contribution in [0.2, 0.25) is 0 Å². The van der Waals surface area contributed by atoms with Gasteiger partial charge in [0.05, 0.1) is 19.1 Å². The molecule has 40 heavy (non-hydrogen) atoms. The second-order valence-electron chi connectivity index (χ2n) is 10.2. The molecular weight excluding hydrogens is 500 g/mol. The molecule has 4 aromatic rings. The molecule has 0 aliphatic heterocycles. The van der Waals surface area contributed by atoms with Gasteiger partial charge < -0.3 is 9.84 Å². The summed E-state index contributed by atoms with van der Waals surface area (Å²) in [6.45, 7) is 6.37. The Balaban J connectivity index is 0.000000230. The molecule has 5 nitrogen and oxygen atoms in total. The molecular formula is C35H34O5. The molecule has 0 aromatic heterocycles. The van der Waals surface area contributed by atoms with Gasteiger partial charge in [-0.2, -0.15) is 0 Å². The van der Waals surface area contributed by atoms with E-state index in [9.17, 15) is 19.5 Å². The van der Waals surface area contributed by atoms with Crippen molar-refractivity contribution in [3.05, 3.63) is 137 Å². The van der Waals surface area contributed by atoms with E-state index in [-0.39, 0.29) is 23.4 Å². The van der Waals surface area contributed by atoms with Crippen LogP contribution < -0.4 is 4.74 Å². The van der Waals surface area contributed by atoms with Crippen molar-refractivity contribution in [2.45, 2.75) is 32.6 Å². The van der Waals surface area contributed by atoms with Gasteiger partial charge in [0.25, 0.3) is 0 Å². The number of carbonyl (C=O) groups excluding carboxylic acids is 2. The van der Waals surface area contributed by atoms with Gasteiger partial charge in [0.1, 0.15) is 5.75 Å². The average Bonchev–Trinajstić information content (AvgIpc) is 2.96. The largest absolute Gasteiger partial charge is 0.497 e. The van der Waals surface area contributed by atoms with E-state index < -0.39 is 5.97 Å². The maximum Gasteiger partial charge on any atom is 0.336 e. The quantitative estimate of drug-likeness (QED) is 0.108. The molecule has 0 fully saturated rings. The number of carboxylic acids is 1. The van der Waals surface area contributed by atoms with Gasteiger partial charge >= 0.3 is 5.97 Å². The summed E-state index contributed by atoms with van der Waals surface area (Å²) in [4.78, 5) is 35.7. The molecule has 0 amide bonds. The van der Waals surface area contributed by atoms with Gasteiger partial charge in [-0.05, 0) is 52.4 Å². The lowest BCUT2D eigenvalue weighted by Gasteiger charge is -2.18. The zero-order valence-corrected chi connectivity index (χ0v) is 23.3. The first kappa shape index (κ1) is 29.8. The van der Waals surface area contributed by atoms with Gasteiger partial charge in [-0.3, -0.25) is 9.59 Å². The third-order valence-corrected chi connectivity index (χ3v) is 6.23. The first-order chi connectivity index (χ1) is 19.1. The number of benzene rings is 4. The van der Waals surface area contributed by atoms with Crippen molar-refractivity contribution < 1.29 is 24.2 Å². The van der Waals surface area contributed by atoms with Crippen molar-refractivity contribution in [2.75, 3.05) is 7.11 Å². The van der Waals surface area contributed by atoms with Gasteiger partial charge in [-0.1, -0.05) is 106 Å². The molecule has 0 unspecified atom stereocenters. The topological polar surface area (TPSA) is 80.7 Å². The normalized spacial score (nSPS) is 11.2. The lowest BCUT2D eigenvalue weighted by Crippen LogP contribution is -2.12. The Bertz CT molecular complexity index is 1440. The van der Waals surface area contributed by atoms with E-state index in [1.54, 1.807) is 61.7 Å². The summed E-state index contributed by atoms with van der Waals surface area (Å²) in [6.07, 6.45) is 1.55. The number of rotatable bonds is 8. The average molecular weight is 535 g/mol. The van der Waals surface area contributed by atoms with Crippen LogP contribution in [-0.4, -0.2) is 29.8 Å². The lowest BCUT2D eigenvalue weighted by molar-refractivity contribution is -0.130. The highest BCUT2D eigenvalue weighted by atomic mass is 16.5. The Labute approximate surface area is 235 Å². The number of Topliss-reactive ketones (excluding diaryl/α,β-unsaturated/α-hetero) is 2. The standard InChI is InChI=1S/C20H22O3.C15H12O2/c1-20(2,3)16-9-5-14(6-10-16)18(21)13-19(22)15-7-11-17(23-4)12-8-15;16-15(17)14(13-9-5-2-6-10-13)11-12-7-3-1-4-8-12/h5-12H,13H2,1-4H3;1-11H,(H,16,17)/b;14-11-. The van der Waals surface area contributed by atoms with Crippen LogP contribution in [0.1, 0.15) is 64.6 Å². The van der Waals surface area contributed by atoms with Crippen LogP contribution in [0.15, 0.2) is 109 Å². The van der Waals surface area contributed by atoms with E-state index in [1.165, 1.54) is 0 Å². The van der Waals surface area contributed by atoms with Crippen LogP contribution in [0.4, 0.5) is 0 Å². The molecule has 0 atom stereocenters. The number of aliphatic carboxylic acids is 1. The predicted molar refractivity (Wildman–Crippen MR) is 160 cm³/mol. The first-order valence-corrected chi connectivity index (χ1v) is 12.9. The van der Waals surface area contributed by atoms with Crippen molar-refractivity contribution in [2.24, 2.45) is 0 Å². The molecule has 4 rings (SSSR count). The zero-order chi connectivity index (χ0) is 29.1. The fraction of sp³-hybridized carbons (Fsp3) is 0.171. The summed E-state index contributed by atoms with van der Waals surface area (Å²) in [7, 11) is 1.57. The van der Waals surface area contributed by atoms with E-state index in [1.807, 2.05) is 60.7 Å². The maximum atomic E-state index is 12.3. The van der Waals surface area contributed by atoms with Gasteiger partial charge in [-0.25, -0.2) is 4.79 Å². The van der Waals surface area contributed by atoms with Gasteiger partial charge in [0, 0.05) is 11.1 Å². The Kier molecular flexibility index (Phi) is 10.3. The Morgan fingerprint density at radius 1 is 0.675 bits per heavy atom. The molecule has 4 aromatic carbocycles.